The molecule has 2 atom stereocenters. The predicted molar refractivity (Wildman–Crippen MR) is 75.9 cm³/mol. The zero-order chi connectivity index (χ0) is 14.8. The number of benzene rings is 1. The van der Waals surface area contributed by atoms with Gasteiger partial charge in [-0.3, -0.25) is 9.69 Å². The lowest BCUT2D eigenvalue weighted by Gasteiger charge is -2.24. The number of anilines is 1. The lowest BCUT2D eigenvalue weighted by molar-refractivity contribution is -0.117. The fourth-order valence-electron chi connectivity index (χ4n) is 3.25. The molecule has 114 valence electrons. The van der Waals surface area contributed by atoms with Crippen molar-refractivity contribution < 1.29 is 13.6 Å². The number of hydrogen-bond donors (Lipinski definition) is 2. The molecule has 6 heteroatoms. The molecule has 0 spiro atoms. The molecule has 21 heavy (non-hydrogen) atoms. The molecule has 1 aromatic rings. The van der Waals surface area contributed by atoms with Crippen LogP contribution in [0, 0.1) is 17.6 Å². The van der Waals surface area contributed by atoms with Crippen LogP contribution in [0.2, 0.25) is 0 Å². The lowest BCUT2D eigenvalue weighted by atomic mass is 9.94. The largest absolute Gasteiger partial charge is 0.322 e. The van der Waals surface area contributed by atoms with Crippen LogP contribution >= 0.6 is 0 Å². The second-order valence-electron chi connectivity index (χ2n) is 5.83. The van der Waals surface area contributed by atoms with E-state index in [9.17, 15) is 13.6 Å². The van der Waals surface area contributed by atoms with Gasteiger partial charge in [0.1, 0.15) is 11.6 Å². The van der Waals surface area contributed by atoms with Crippen molar-refractivity contribution in [2.75, 3.05) is 31.5 Å². The minimum atomic E-state index is -0.750. The number of nitrogens with zero attached hydrogens (tertiary/aromatic N) is 1. The van der Waals surface area contributed by atoms with E-state index < -0.39 is 11.6 Å². The number of likely N-dealkylation sites (tertiary alicyclic amines) is 1. The highest BCUT2D eigenvalue weighted by molar-refractivity contribution is 5.92. The van der Waals surface area contributed by atoms with Crippen molar-refractivity contribution in [2.45, 2.75) is 18.9 Å². The Hall–Kier alpha value is -1.53. The van der Waals surface area contributed by atoms with Crippen LogP contribution in [0.4, 0.5) is 14.5 Å². The Morgan fingerprint density at radius 2 is 2.24 bits per heavy atom. The first-order valence-electron chi connectivity index (χ1n) is 7.32. The van der Waals surface area contributed by atoms with Crippen LogP contribution in [0.3, 0.4) is 0 Å². The van der Waals surface area contributed by atoms with Crippen molar-refractivity contribution in [1.29, 1.82) is 0 Å². The monoisotopic (exact) mass is 295 g/mol. The smallest absolute Gasteiger partial charge is 0.238 e. The minimum Gasteiger partial charge on any atom is -0.322 e. The molecule has 2 unspecified atom stereocenters. The van der Waals surface area contributed by atoms with Crippen LogP contribution in [0.5, 0.6) is 0 Å². The third-order valence-corrected chi connectivity index (χ3v) is 4.25. The zero-order valence-electron chi connectivity index (χ0n) is 11.7. The van der Waals surface area contributed by atoms with Crippen molar-refractivity contribution in [1.82, 2.24) is 10.2 Å². The number of carbonyl (C=O) groups excluding carboxylic acids is 1. The first-order chi connectivity index (χ1) is 10.1. The van der Waals surface area contributed by atoms with Gasteiger partial charge < -0.3 is 10.6 Å². The number of carbonyl (C=O) groups is 1. The molecule has 2 N–H and O–H groups in total. The molecule has 2 heterocycles. The second kappa shape index (κ2) is 6.07. The Morgan fingerprint density at radius 3 is 3.00 bits per heavy atom. The van der Waals surface area contributed by atoms with E-state index in [0.717, 1.165) is 31.8 Å². The summed E-state index contributed by atoms with van der Waals surface area (Å²) in [6.07, 6.45) is 2.38. The zero-order valence-corrected chi connectivity index (χ0v) is 11.7. The summed E-state index contributed by atoms with van der Waals surface area (Å²) in [4.78, 5) is 14.1. The fourth-order valence-corrected chi connectivity index (χ4v) is 3.25. The van der Waals surface area contributed by atoms with Gasteiger partial charge >= 0.3 is 0 Å². The molecule has 0 radical (unpaired) electrons. The highest BCUT2D eigenvalue weighted by atomic mass is 19.1. The van der Waals surface area contributed by atoms with Gasteiger partial charge in [0, 0.05) is 25.2 Å². The van der Waals surface area contributed by atoms with Crippen molar-refractivity contribution in [3.8, 4) is 0 Å². The molecule has 4 nitrogen and oxygen atoms in total. The number of piperidine rings is 1. The Bertz CT molecular complexity index is 524. The van der Waals surface area contributed by atoms with Crippen LogP contribution in [0.15, 0.2) is 18.2 Å². The molecule has 2 aliphatic heterocycles. The van der Waals surface area contributed by atoms with Crippen molar-refractivity contribution in [2.24, 2.45) is 5.92 Å². The van der Waals surface area contributed by atoms with Crippen LogP contribution in [-0.2, 0) is 4.79 Å². The maximum absolute atomic E-state index is 13.5. The van der Waals surface area contributed by atoms with E-state index in [1.54, 1.807) is 0 Å². The fraction of sp³-hybridized carbons (Fsp3) is 0.533. The topological polar surface area (TPSA) is 44.4 Å². The van der Waals surface area contributed by atoms with Crippen molar-refractivity contribution in [3.05, 3.63) is 29.8 Å². The minimum absolute atomic E-state index is 0.0242. The van der Waals surface area contributed by atoms with E-state index in [4.69, 9.17) is 0 Å². The molecule has 1 amide bonds. The van der Waals surface area contributed by atoms with Gasteiger partial charge in [0.25, 0.3) is 0 Å². The highest BCUT2D eigenvalue weighted by Gasteiger charge is 2.34. The molecule has 0 aromatic heterocycles. The normalized spacial score (nSPS) is 25.6. The first kappa shape index (κ1) is 14.4. The SMILES string of the molecule is O=C(CN1CC2CCCNC2C1)Nc1ccc(F)cc1F. The summed E-state index contributed by atoms with van der Waals surface area (Å²) in [5.74, 6) is -1.06. The van der Waals surface area contributed by atoms with Crippen LogP contribution in [0.1, 0.15) is 12.8 Å². The van der Waals surface area contributed by atoms with Gasteiger partial charge in [0.05, 0.1) is 12.2 Å². The molecule has 0 saturated carbocycles. The number of halogens is 2. The molecular formula is C15H19F2N3O. The van der Waals surface area contributed by atoms with Crippen LogP contribution in [-0.4, -0.2) is 43.0 Å². The average Bonchev–Trinajstić information content (AvgIpc) is 2.84. The molecule has 0 bridgehead atoms. The standard InChI is InChI=1S/C15H19F2N3O/c16-11-3-4-13(12(17)6-11)19-15(21)9-20-7-10-2-1-5-18-14(10)8-20/h3-4,6,10,14,18H,1-2,5,7-9H2,(H,19,21). The van der Waals surface area contributed by atoms with Crippen molar-refractivity contribution in [3.63, 3.8) is 0 Å². The summed E-state index contributed by atoms with van der Waals surface area (Å²) in [6.45, 7) is 3.04. The molecule has 0 aliphatic carbocycles. The molecule has 2 fully saturated rings. The molecule has 1 aromatic carbocycles. The summed E-state index contributed by atoms with van der Waals surface area (Å²) in [6, 6.07) is 3.61. The maximum atomic E-state index is 13.5. The average molecular weight is 295 g/mol. The second-order valence-corrected chi connectivity index (χ2v) is 5.83. The van der Waals surface area contributed by atoms with Gasteiger partial charge in [0.15, 0.2) is 0 Å². The summed E-state index contributed by atoms with van der Waals surface area (Å²) in [5.41, 5.74) is 0.0242. The Morgan fingerprint density at radius 1 is 1.38 bits per heavy atom. The molecule has 2 aliphatic rings. The predicted octanol–water partition coefficient (Wildman–Crippen LogP) is 1.59. The van der Waals surface area contributed by atoms with Crippen LogP contribution < -0.4 is 10.6 Å². The van der Waals surface area contributed by atoms with Crippen molar-refractivity contribution >= 4 is 11.6 Å². The number of hydrogen-bond acceptors (Lipinski definition) is 3. The Labute approximate surface area is 122 Å². The quantitative estimate of drug-likeness (QED) is 0.890. The van der Waals surface area contributed by atoms with Gasteiger partial charge in [-0.05, 0) is 37.4 Å². The Kier molecular flexibility index (Phi) is 4.17. The first-order valence-corrected chi connectivity index (χ1v) is 7.32. The number of fused-ring (bicyclic) bond motifs is 1. The van der Waals surface area contributed by atoms with Gasteiger partial charge in [-0.1, -0.05) is 0 Å². The van der Waals surface area contributed by atoms with Gasteiger partial charge in [-0.15, -0.1) is 0 Å². The Balaban J connectivity index is 1.55. The third kappa shape index (κ3) is 3.39. The van der Waals surface area contributed by atoms with E-state index in [1.807, 2.05) is 0 Å². The molecular weight excluding hydrogens is 276 g/mol. The summed E-state index contributed by atoms with van der Waals surface area (Å²) < 4.78 is 26.3. The number of rotatable bonds is 3. The lowest BCUT2D eigenvalue weighted by Crippen LogP contribution is -2.41. The summed E-state index contributed by atoms with van der Waals surface area (Å²) in [5, 5.41) is 5.98. The van der Waals surface area contributed by atoms with E-state index in [1.165, 1.54) is 18.9 Å². The van der Waals surface area contributed by atoms with Gasteiger partial charge in [-0.2, -0.15) is 0 Å². The van der Waals surface area contributed by atoms with E-state index >= 15 is 0 Å². The van der Waals surface area contributed by atoms with Crippen LogP contribution in [0.25, 0.3) is 0 Å². The van der Waals surface area contributed by atoms with Gasteiger partial charge in [0.2, 0.25) is 5.91 Å². The summed E-state index contributed by atoms with van der Waals surface area (Å²) >= 11 is 0. The van der Waals surface area contributed by atoms with E-state index in [0.29, 0.717) is 12.0 Å². The molecule has 3 rings (SSSR count). The number of amides is 1. The maximum Gasteiger partial charge on any atom is 0.238 e. The highest BCUT2D eigenvalue weighted by Crippen LogP contribution is 2.24. The van der Waals surface area contributed by atoms with E-state index in [2.05, 4.69) is 15.5 Å². The summed E-state index contributed by atoms with van der Waals surface area (Å²) in [7, 11) is 0. The van der Waals surface area contributed by atoms with Gasteiger partial charge in [-0.25, -0.2) is 8.78 Å². The van der Waals surface area contributed by atoms with E-state index in [-0.39, 0.29) is 18.1 Å². The number of nitrogens with one attached hydrogen (secondary N) is 2. The third-order valence-electron chi connectivity index (χ3n) is 4.25. The molecule has 2 saturated heterocycles.